The molecule has 0 radical (unpaired) electrons. The van der Waals surface area contributed by atoms with E-state index in [1.807, 2.05) is 6.07 Å². The molecule has 7 heteroatoms. The Hall–Kier alpha value is -1.99. The lowest BCUT2D eigenvalue weighted by molar-refractivity contribution is -0.115. The molecule has 0 aliphatic rings. The zero-order valence-corrected chi connectivity index (χ0v) is 13.6. The van der Waals surface area contributed by atoms with E-state index in [0.717, 1.165) is 4.90 Å². The third kappa shape index (κ3) is 3.80. The van der Waals surface area contributed by atoms with Crippen LogP contribution in [0.15, 0.2) is 64.4 Å². The Kier molecular flexibility index (Phi) is 5.10. The minimum atomic E-state index is -3.61. The van der Waals surface area contributed by atoms with Crippen molar-refractivity contribution >= 4 is 33.4 Å². The summed E-state index contributed by atoms with van der Waals surface area (Å²) in [7, 11) is -2.09. The van der Waals surface area contributed by atoms with E-state index in [1.165, 1.54) is 35.2 Å². The number of carbonyl (C=O) groups is 1. The molecule has 0 spiro atoms. The number of primary amides is 1. The summed E-state index contributed by atoms with van der Waals surface area (Å²) in [5.74, 6) is -0.249. The first-order valence-corrected chi connectivity index (χ1v) is 8.89. The van der Waals surface area contributed by atoms with Crippen LogP contribution in [0.2, 0.25) is 0 Å². The zero-order chi connectivity index (χ0) is 16.2. The summed E-state index contributed by atoms with van der Waals surface area (Å²) in [4.78, 5) is 11.7. The smallest absolute Gasteiger partial charge is 0.264 e. The van der Waals surface area contributed by atoms with E-state index in [1.54, 1.807) is 36.4 Å². The van der Waals surface area contributed by atoms with Crippen molar-refractivity contribution in [3.8, 4) is 0 Å². The molecule has 1 amide bonds. The summed E-state index contributed by atoms with van der Waals surface area (Å²) in [6, 6.07) is 15.2. The lowest BCUT2D eigenvalue weighted by Crippen LogP contribution is -2.26. The summed E-state index contributed by atoms with van der Waals surface area (Å²) < 4.78 is 26.3. The Bertz CT molecular complexity index is 744. The standard InChI is InChI=1S/C15H16N2O3S2/c1-17(12-5-3-2-4-6-12)22(19,20)14-9-7-13(8-10-14)21-11-15(16)18/h2-10H,11H2,1H3,(H2,16,18). The number of nitrogens with zero attached hydrogens (tertiary/aromatic N) is 1. The molecule has 2 N–H and O–H groups in total. The Morgan fingerprint density at radius 2 is 1.68 bits per heavy atom. The van der Waals surface area contributed by atoms with Gasteiger partial charge in [-0.1, -0.05) is 18.2 Å². The van der Waals surface area contributed by atoms with Gasteiger partial charge in [0.15, 0.2) is 0 Å². The van der Waals surface area contributed by atoms with Crippen LogP contribution in [0.1, 0.15) is 0 Å². The van der Waals surface area contributed by atoms with Crippen molar-refractivity contribution in [2.45, 2.75) is 9.79 Å². The highest BCUT2D eigenvalue weighted by Gasteiger charge is 2.20. The molecule has 0 heterocycles. The molecule has 0 saturated heterocycles. The van der Waals surface area contributed by atoms with Crippen molar-refractivity contribution in [1.29, 1.82) is 0 Å². The number of benzene rings is 2. The maximum Gasteiger partial charge on any atom is 0.264 e. The lowest BCUT2D eigenvalue weighted by atomic mass is 10.3. The highest BCUT2D eigenvalue weighted by Crippen LogP contribution is 2.24. The van der Waals surface area contributed by atoms with Crippen LogP contribution in [0.4, 0.5) is 5.69 Å². The molecule has 5 nitrogen and oxygen atoms in total. The van der Waals surface area contributed by atoms with Crippen LogP contribution in [0.3, 0.4) is 0 Å². The number of hydrogen-bond acceptors (Lipinski definition) is 4. The van der Waals surface area contributed by atoms with Crippen molar-refractivity contribution in [1.82, 2.24) is 0 Å². The molecular weight excluding hydrogens is 320 g/mol. The number of thioether (sulfide) groups is 1. The van der Waals surface area contributed by atoms with Gasteiger partial charge in [-0.2, -0.15) is 0 Å². The number of hydrogen-bond donors (Lipinski definition) is 1. The molecule has 22 heavy (non-hydrogen) atoms. The molecule has 0 aliphatic carbocycles. The lowest BCUT2D eigenvalue weighted by Gasteiger charge is -2.19. The van der Waals surface area contributed by atoms with Crippen LogP contribution < -0.4 is 10.0 Å². The van der Waals surface area contributed by atoms with Gasteiger partial charge in [0.25, 0.3) is 10.0 Å². The van der Waals surface area contributed by atoms with E-state index < -0.39 is 15.9 Å². The van der Waals surface area contributed by atoms with Crippen molar-refractivity contribution in [2.24, 2.45) is 5.73 Å². The van der Waals surface area contributed by atoms with Crippen molar-refractivity contribution < 1.29 is 13.2 Å². The third-order valence-electron chi connectivity index (χ3n) is 2.98. The van der Waals surface area contributed by atoms with E-state index in [0.29, 0.717) is 5.69 Å². The van der Waals surface area contributed by atoms with Crippen LogP contribution in [-0.4, -0.2) is 27.1 Å². The number of nitrogens with two attached hydrogens (primary N) is 1. The van der Waals surface area contributed by atoms with Gasteiger partial charge < -0.3 is 5.73 Å². The third-order valence-corrected chi connectivity index (χ3v) is 5.82. The molecule has 2 rings (SSSR count). The second-order valence-corrected chi connectivity index (χ2v) is 7.55. The Balaban J connectivity index is 2.21. The first-order chi connectivity index (χ1) is 10.4. The van der Waals surface area contributed by atoms with Crippen LogP contribution in [-0.2, 0) is 14.8 Å². The van der Waals surface area contributed by atoms with Gasteiger partial charge in [0.05, 0.1) is 16.3 Å². The minimum Gasteiger partial charge on any atom is -0.369 e. The number of carbonyl (C=O) groups excluding carboxylic acids is 1. The Morgan fingerprint density at radius 1 is 1.09 bits per heavy atom. The van der Waals surface area contributed by atoms with E-state index >= 15 is 0 Å². The van der Waals surface area contributed by atoms with E-state index in [-0.39, 0.29) is 10.6 Å². The van der Waals surface area contributed by atoms with Crippen LogP contribution in [0, 0.1) is 0 Å². The molecule has 0 fully saturated rings. The number of anilines is 1. The Morgan fingerprint density at radius 3 is 2.23 bits per heavy atom. The van der Waals surface area contributed by atoms with Gasteiger partial charge in [0, 0.05) is 11.9 Å². The molecule has 116 valence electrons. The van der Waals surface area contributed by atoms with Crippen molar-refractivity contribution in [3.05, 3.63) is 54.6 Å². The van der Waals surface area contributed by atoms with Gasteiger partial charge in [0.2, 0.25) is 5.91 Å². The molecule has 0 atom stereocenters. The molecule has 0 bridgehead atoms. The normalized spacial score (nSPS) is 11.1. The fraction of sp³-hybridized carbons (Fsp3) is 0.133. The molecule has 0 unspecified atom stereocenters. The maximum absolute atomic E-state index is 12.6. The first kappa shape index (κ1) is 16.4. The SMILES string of the molecule is CN(c1ccccc1)S(=O)(=O)c1ccc(SCC(N)=O)cc1. The number of rotatable bonds is 6. The highest BCUT2D eigenvalue weighted by atomic mass is 32.2. The molecule has 2 aromatic carbocycles. The Labute approximate surface area is 134 Å². The summed E-state index contributed by atoms with van der Waals surface area (Å²) in [6.07, 6.45) is 0. The summed E-state index contributed by atoms with van der Waals surface area (Å²) in [6.45, 7) is 0. The number of amides is 1. The van der Waals surface area contributed by atoms with Gasteiger partial charge in [-0.3, -0.25) is 9.10 Å². The maximum atomic E-state index is 12.6. The molecule has 0 saturated carbocycles. The van der Waals surface area contributed by atoms with Gasteiger partial charge in [-0.25, -0.2) is 8.42 Å². The topological polar surface area (TPSA) is 80.5 Å². The average molecular weight is 336 g/mol. The van der Waals surface area contributed by atoms with Crippen LogP contribution >= 0.6 is 11.8 Å². The average Bonchev–Trinajstić information content (AvgIpc) is 2.53. The zero-order valence-electron chi connectivity index (χ0n) is 12.0. The van der Waals surface area contributed by atoms with Crippen LogP contribution in [0.5, 0.6) is 0 Å². The monoisotopic (exact) mass is 336 g/mol. The fourth-order valence-corrected chi connectivity index (χ4v) is 3.63. The largest absolute Gasteiger partial charge is 0.369 e. The minimum absolute atomic E-state index is 0.163. The van der Waals surface area contributed by atoms with Gasteiger partial charge in [0.1, 0.15) is 0 Å². The fourth-order valence-electron chi connectivity index (χ4n) is 1.80. The van der Waals surface area contributed by atoms with Gasteiger partial charge in [-0.05, 0) is 36.4 Å². The number of para-hydroxylation sites is 1. The van der Waals surface area contributed by atoms with E-state index in [9.17, 15) is 13.2 Å². The second-order valence-electron chi connectivity index (χ2n) is 4.53. The van der Waals surface area contributed by atoms with Gasteiger partial charge in [-0.15, -0.1) is 11.8 Å². The predicted molar refractivity (Wildman–Crippen MR) is 88.4 cm³/mol. The number of sulfonamides is 1. The first-order valence-electron chi connectivity index (χ1n) is 6.46. The van der Waals surface area contributed by atoms with Crippen molar-refractivity contribution in [2.75, 3.05) is 17.1 Å². The molecular formula is C15H16N2O3S2. The van der Waals surface area contributed by atoms with E-state index in [2.05, 4.69) is 0 Å². The molecule has 0 aromatic heterocycles. The predicted octanol–water partition coefficient (Wildman–Crippen LogP) is 2.09. The molecule has 0 aliphatic heterocycles. The summed E-state index contributed by atoms with van der Waals surface area (Å²) in [5, 5.41) is 0. The van der Waals surface area contributed by atoms with Gasteiger partial charge >= 0.3 is 0 Å². The highest BCUT2D eigenvalue weighted by molar-refractivity contribution is 8.00. The quantitative estimate of drug-likeness (QED) is 0.819. The van der Waals surface area contributed by atoms with E-state index in [4.69, 9.17) is 5.73 Å². The van der Waals surface area contributed by atoms with Crippen LogP contribution in [0.25, 0.3) is 0 Å². The molecule has 2 aromatic rings. The summed E-state index contributed by atoms with van der Waals surface area (Å²) in [5.41, 5.74) is 5.67. The second kappa shape index (κ2) is 6.85. The summed E-state index contributed by atoms with van der Waals surface area (Å²) >= 11 is 1.27. The van der Waals surface area contributed by atoms with Crippen molar-refractivity contribution in [3.63, 3.8) is 0 Å².